The lowest BCUT2D eigenvalue weighted by atomic mass is 9.79. The van der Waals surface area contributed by atoms with E-state index in [1.807, 2.05) is 0 Å². The Morgan fingerprint density at radius 2 is 1.63 bits per heavy atom. The van der Waals surface area contributed by atoms with Crippen LogP contribution in [-0.4, -0.2) is 40.0 Å². The van der Waals surface area contributed by atoms with E-state index < -0.39 is 0 Å². The highest BCUT2D eigenvalue weighted by molar-refractivity contribution is 4.76. The van der Waals surface area contributed by atoms with E-state index in [0.717, 1.165) is 51.7 Å². The van der Waals surface area contributed by atoms with Crippen molar-refractivity contribution in [1.29, 1.82) is 0 Å². The first-order chi connectivity index (χ1) is 8.88. The van der Waals surface area contributed by atoms with Crippen LogP contribution in [0.4, 0.5) is 0 Å². The largest absolute Gasteiger partial charge is 0.383 e. The number of hydrogen-bond acceptors (Lipinski definition) is 3. The summed E-state index contributed by atoms with van der Waals surface area (Å²) in [6, 6.07) is 0. The molecule has 0 saturated carbocycles. The molecular weight excluding hydrogens is 238 g/mol. The van der Waals surface area contributed by atoms with Crippen LogP contribution in [0.5, 0.6) is 0 Å². The first-order valence-electron chi connectivity index (χ1n) is 7.65. The summed E-state index contributed by atoms with van der Waals surface area (Å²) >= 11 is 0. The molecule has 19 heavy (non-hydrogen) atoms. The summed E-state index contributed by atoms with van der Waals surface area (Å²) in [7, 11) is 1.74. The Labute approximate surface area is 120 Å². The Morgan fingerprint density at radius 3 is 2.16 bits per heavy atom. The second-order valence-corrected chi connectivity index (χ2v) is 6.84. The van der Waals surface area contributed by atoms with E-state index >= 15 is 0 Å². The average molecular weight is 273 g/mol. The summed E-state index contributed by atoms with van der Waals surface area (Å²) in [5.74, 6) is 1.37. The molecule has 1 unspecified atom stereocenters. The summed E-state index contributed by atoms with van der Waals surface area (Å²) < 4.78 is 10.8. The van der Waals surface area contributed by atoms with Crippen LogP contribution < -0.4 is 5.32 Å². The fourth-order valence-electron chi connectivity index (χ4n) is 1.94. The molecule has 0 rings (SSSR count). The molecule has 0 aliphatic rings. The van der Waals surface area contributed by atoms with E-state index in [4.69, 9.17) is 9.47 Å². The Kier molecular flexibility index (Phi) is 10.6. The summed E-state index contributed by atoms with van der Waals surface area (Å²) in [5.41, 5.74) is 0.321. The van der Waals surface area contributed by atoms with Gasteiger partial charge >= 0.3 is 0 Å². The minimum atomic E-state index is 0.321. The van der Waals surface area contributed by atoms with Crippen LogP contribution in [0.3, 0.4) is 0 Å². The van der Waals surface area contributed by atoms with Crippen LogP contribution in [0.25, 0.3) is 0 Å². The van der Waals surface area contributed by atoms with E-state index in [-0.39, 0.29) is 0 Å². The maximum absolute atomic E-state index is 5.75. The molecule has 0 aromatic heterocycles. The third kappa shape index (κ3) is 11.4. The molecule has 0 heterocycles. The molecule has 1 N–H and O–H groups in total. The number of nitrogens with one attached hydrogen (secondary N) is 1. The molecule has 0 amide bonds. The number of hydrogen-bond donors (Lipinski definition) is 1. The van der Waals surface area contributed by atoms with Gasteiger partial charge in [-0.3, -0.25) is 0 Å². The second-order valence-electron chi connectivity index (χ2n) is 6.84. The van der Waals surface area contributed by atoms with Gasteiger partial charge in [0.15, 0.2) is 0 Å². The summed E-state index contributed by atoms with van der Waals surface area (Å²) in [6.07, 6.45) is 2.29. The minimum absolute atomic E-state index is 0.321. The van der Waals surface area contributed by atoms with Crippen molar-refractivity contribution in [3.8, 4) is 0 Å². The first-order valence-corrected chi connectivity index (χ1v) is 7.65. The number of methoxy groups -OCH3 is 1. The lowest BCUT2D eigenvalue weighted by Crippen LogP contribution is -2.34. The van der Waals surface area contributed by atoms with Gasteiger partial charge in [0.1, 0.15) is 0 Å². The average Bonchev–Trinajstić information content (AvgIpc) is 2.29. The Bertz CT molecular complexity index is 199. The highest BCUT2D eigenvalue weighted by Gasteiger charge is 2.23. The summed E-state index contributed by atoms with van der Waals surface area (Å²) in [5, 5.41) is 3.47. The fraction of sp³-hybridized carbons (Fsp3) is 1.00. The van der Waals surface area contributed by atoms with Gasteiger partial charge in [0.05, 0.1) is 6.61 Å². The van der Waals surface area contributed by atoms with Crippen LogP contribution >= 0.6 is 0 Å². The van der Waals surface area contributed by atoms with Gasteiger partial charge in [-0.25, -0.2) is 0 Å². The number of rotatable bonds is 11. The van der Waals surface area contributed by atoms with Gasteiger partial charge in [-0.15, -0.1) is 0 Å². The Balaban J connectivity index is 3.81. The molecule has 3 nitrogen and oxygen atoms in total. The van der Waals surface area contributed by atoms with Gasteiger partial charge in [0, 0.05) is 26.9 Å². The van der Waals surface area contributed by atoms with Gasteiger partial charge in [0.25, 0.3) is 0 Å². The third-order valence-electron chi connectivity index (χ3n) is 3.55. The molecule has 3 heteroatoms. The van der Waals surface area contributed by atoms with Crippen molar-refractivity contribution in [2.24, 2.45) is 17.3 Å². The monoisotopic (exact) mass is 273 g/mol. The SMILES string of the molecule is COCCNCC(CCOCCC(C)C)C(C)(C)C. The summed E-state index contributed by atoms with van der Waals surface area (Å²) in [6.45, 7) is 15.9. The van der Waals surface area contributed by atoms with E-state index in [2.05, 4.69) is 39.9 Å². The predicted molar refractivity (Wildman–Crippen MR) is 82.6 cm³/mol. The van der Waals surface area contributed by atoms with Crippen LogP contribution in [0.15, 0.2) is 0 Å². The van der Waals surface area contributed by atoms with Crippen molar-refractivity contribution in [1.82, 2.24) is 5.32 Å². The van der Waals surface area contributed by atoms with Crippen LogP contribution in [0.1, 0.15) is 47.5 Å². The Morgan fingerprint density at radius 1 is 1.00 bits per heavy atom. The van der Waals surface area contributed by atoms with Gasteiger partial charge in [-0.1, -0.05) is 34.6 Å². The van der Waals surface area contributed by atoms with E-state index in [1.54, 1.807) is 7.11 Å². The third-order valence-corrected chi connectivity index (χ3v) is 3.55. The van der Waals surface area contributed by atoms with Gasteiger partial charge < -0.3 is 14.8 Å². The van der Waals surface area contributed by atoms with E-state index in [0.29, 0.717) is 11.3 Å². The quantitative estimate of drug-likeness (QED) is 0.586. The van der Waals surface area contributed by atoms with Crippen molar-refractivity contribution >= 4 is 0 Å². The lowest BCUT2D eigenvalue weighted by Gasteiger charge is -2.31. The summed E-state index contributed by atoms with van der Waals surface area (Å²) in [4.78, 5) is 0. The zero-order chi connectivity index (χ0) is 14.7. The standard InChI is InChI=1S/C16H35NO2/c1-14(2)7-10-19-11-8-15(16(3,4)5)13-17-9-12-18-6/h14-15,17H,7-13H2,1-6H3. The molecule has 0 aromatic carbocycles. The normalized spacial score (nSPS) is 14.1. The smallest absolute Gasteiger partial charge is 0.0587 e. The molecule has 0 aliphatic heterocycles. The maximum Gasteiger partial charge on any atom is 0.0587 e. The zero-order valence-electron chi connectivity index (χ0n) is 13.9. The molecule has 1 atom stereocenters. The fourth-order valence-corrected chi connectivity index (χ4v) is 1.94. The van der Waals surface area contributed by atoms with Crippen molar-refractivity contribution in [2.45, 2.75) is 47.5 Å². The highest BCUT2D eigenvalue weighted by Crippen LogP contribution is 2.28. The molecular formula is C16H35NO2. The van der Waals surface area contributed by atoms with Crippen LogP contribution in [0, 0.1) is 17.3 Å². The molecule has 0 radical (unpaired) electrons. The van der Waals surface area contributed by atoms with E-state index in [9.17, 15) is 0 Å². The van der Waals surface area contributed by atoms with Crippen molar-refractivity contribution < 1.29 is 9.47 Å². The molecule has 0 aromatic rings. The second kappa shape index (κ2) is 10.6. The first kappa shape index (κ1) is 18.9. The molecule has 0 bridgehead atoms. The van der Waals surface area contributed by atoms with Gasteiger partial charge in [-0.2, -0.15) is 0 Å². The van der Waals surface area contributed by atoms with Gasteiger partial charge in [0.2, 0.25) is 0 Å². The zero-order valence-corrected chi connectivity index (χ0v) is 13.9. The van der Waals surface area contributed by atoms with Crippen molar-refractivity contribution in [2.75, 3.05) is 40.0 Å². The topological polar surface area (TPSA) is 30.5 Å². The molecule has 0 aliphatic carbocycles. The lowest BCUT2D eigenvalue weighted by molar-refractivity contribution is 0.0888. The molecule has 0 fully saturated rings. The van der Waals surface area contributed by atoms with Crippen LogP contribution in [-0.2, 0) is 9.47 Å². The highest BCUT2D eigenvalue weighted by atomic mass is 16.5. The number of ether oxygens (including phenoxy) is 2. The molecule has 0 spiro atoms. The van der Waals surface area contributed by atoms with E-state index in [1.165, 1.54) is 0 Å². The minimum Gasteiger partial charge on any atom is -0.383 e. The predicted octanol–water partition coefficient (Wildman–Crippen LogP) is 3.34. The van der Waals surface area contributed by atoms with Crippen molar-refractivity contribution in [3.63, 3.8) is 0 Å². The molecule has 116 valence electrons. The molecule has 0 saturated heterocycles. The van der Waals surface area contributed by atoms with Crippen LogP contribution in [0.2, 0.25) is 0 Å². The maximum atomic E-state index is 5.75. The van der Waals surface area contributed by atoms with Gasteiger partial charge in [-0.05, 0) is 36.6 Å². The Hall–Kier alpha value is -0.120. The van der Waals surface area contributed by atoms with Crippen molar-refractivity contribution in [3.05, 3.63) is 0 Å².